The van der Waals surface area contributed by atoms with Gasteiger partial charge in [0.15, 0.2) is 5.13 Å². The number of esters is 1. The summed E-state index contributed by atoms with van der Waals surface area (Å²) in [5, 5.41) is 3.35. The number of cyclic esters (lactones) is 1. The Labute approximate surface area is 168 Å². The number of benzene rings is 2. The quantitative estimate of drug-likeness (QED) is 0.579. The maximum absolute atomic E-state index is 12.3. The predicted octanol–water partition coefficient (Wildman–Crippen LogP) is 4.74. The van der Waals surface area contributed by atoms with Crippen molar-refractivity contribution in [3.8, 4) is 0 Å². The SMILES string of the molecule is O=C(CC1OC(=O)c2ccccc21)Nc1ncc(Cc2ccc(Br)cc2)s1. The Bertz CT molecular complexity index is 1000. The van der Waals surface area contributed by atoms with Crippen molar-refractivity contribution in [1.82, 2.24) is 4.98 Å². The van der Waals surface area contributed by atoms with Gasteiger partial charge in [-0.15, -0.1) is 11.3 Å². The third-order valence-corrected chi connectivity index (χ3v) is 5.68. The lowest BCUT2D eigenvalue weighted by molar-refractivity contribution is -0.118. The molecule has 0 fully saturated rings. The minimum atomic E-state index is -0.545. The topological polar surface area (TPSA) is 68.3 Å². The lowest BCUT2D eigenvalue weighted by Gasteiger charge is -2.09. The number of aromatic nitrogens is 1. The first-order valence-corrected chi connectivity index (χ1v) is 9.98. The van der Waals surface area contributed by atoms with Crippen LogP contribution in [-0.4, -0.2) is 16.9 Å². The molecule has 7 heteroatoms. The zero-order valence-electron chi connectivity index (χ0n) is 14.1. The Hall–Kier alpha value is -2.51. The summed E-state index contributed by atoms with van der Waals surface area (Å²) in [5.41, 5.74) is 2.46. The van der Waals surface area contributed by atoms with Crippen LogP contribution in [0.3, 0.4) is 0 Å². The van der Waals surface area contributed by atoms with E-state index in [1.165, 1.54) is 16.9 Å². The number of hydrogen-bond acceptors (Lipinski definition) is 5. The Morgan fingerprint density at radius 3 is 2.78 bits per heavy atom. The minimum Gasteiger partial charge on any atom is -0.453 e. The first kappa shape index (κ1) is 17.9. The van der Waals surface area contributed by atoms with Crippen molar-refractivity contribution >= 4 is 44.3 Å². The van der Waals surface area contributed by atoms with E-state index in [9.17, 15) is 9.59 Å². The van der Waals surface area contributed by atoms with Crippen molar-refractivity contribution in [3.63, 3.8) is 0 Å². The number of hydrogen-bond donors (Lipinski definition) is 1. The monoisotopic (exact) mass is 442 g/mol. The number of carbonyl (C=O) groups excluding carboxylic acids is 2. The second-order valence-corrected chi connectivity index (χ2v) is 8.20. The number of thiazole rings is 1. The van der Waals surface area contributed by atoms with Crippen LogP contribution in [0.2, 0.25) is 0 Å². The van der Waals surface area contributed by atoms with Crippen molar-refractivity contribution in [1.29, 1.82) is 0 Å². The summed E-state index contributed by atoms with van der Waals surface area (Å²) in [6.45, 7) is 0. The molecular formula is C20H15BrN2O3S. The number of rotatable bonds is 5. The molecule has 1 aliphatic heterocycles. The Balaban J connectivity index is 1.37. The van der Waals surface area contributed by atoms with E-state index in [0.717, 1.165) is 21.3 Å². The fourth-order valence-electron chi connectivity index (χ4n) is 2.96. The molecule has 0 spiro atoms. The van der Waals surface area contributed by atoms with E-state index in [1.807, 2.05) is 36.4 Å². The lowest BCUT2D eigenvalue weighted by Crippen LogP contribution is -2.15. The minimum absolute atomic E-state index is 0.0738. The van der Waals surface area contributed by atoms with Crippen LogP contribution in [-0.2, 0) is 16.0 Å². The van der Waals surface area contributed by atoms with Crippen molar-refractivity contribution in [2.45, 2.75) is 18.9 Å². The molecule has 2 aromatic carbocycles. The summed E-state index contributed by atoms with van der Waals surface area (Å²) >= 11 is 4.87. The van der Waals surface area contributed by atoms with Gasteiger partial charge < -0.3 is 10.1 Å². The Morgan fingerprint density at radius 2 is 1.96 bits per heavy atom. The van der Waals surface area contributed by atoms with Crippen molar-refractivity contribution in [2.24, 2.45) is 0 Å². The summed E-state index contributed by atoms with van der Waals surface area (Å²) in [6.07, 6.45) is 2.06. The molecule has 0 aliphatic carbocycles. The third kappa shape index (κ3) is 4.09. The molecule has 3 aromatic rings. The fraction of sp³-hybridized carbons (Fsp3) is 0.150. The number of ether oxygens (including phenoxy) is 1. The van der Waals surface area contributed by atoms with E-state index < -0.39 is 6.10 Å². The molecule has 2 heterocycles. The smallest absolute Gasteiger partial charge is 0.339 e. The zero-order valence-corrected chi connectivity index (χ0v) is 16.5. The normalized spacial score (nSPS) is 15.3. The molecule has 27 heavy (non-hydrogen) atoms. The van der Waals surface area contributed by atoms with Gasteiger partial charge in [0.25, 0.3) is 0 Å². The van der Waals surface area contributed by atoms with Crippen LogP contribution < -0.4 is 5.32 Å². The first-order valence-electron chi connectivity index (χ1n) is 8.37. The molecular weight excluding hydrogens is 428 g/mol. The van der Waals surface area contributed by atoms with E-state index in [-0.39, 0.29) is 18.3 Å². The van der Waals surface area contributed by atoms with Crippen molar-refractivity contribution < 1.29 is 14.3 Å². The van der Waals surface area contributed by atoms with Gasteiger partial charge in [-0.3, -0.25) is 4.79 Å². The second kappa shape index (κ2) is 7.62. The van der Waals surface area contributed by atoms with E-state index in [0.29, 0.717) is 10.7 Å². The standard InChI is InChI=1S/C20H15BrN2O3S/c21-13-7-5-12(6-8-13)9-14-11-22-20(27-14)23-18(24)10-17-15-3-1-2-4-16(15)19(25)26-17/h1-8,11,17H,9-10H2,(H,22,23,24). The van der Waals surface area contributed by atoms with Crippen LogP contribution in [0.4, 0.5) is 5.13 Å². The molecule has 0 saturated carbocycles. The molecule has 1 unspecified atom stereocenters. The maximum atomic E-state index is 12.3. The van der Waals surface area contributed by atoms with Crippen molar-refractivity contribution in [3.05, 3.63) is 80.8 Å². The summed E-state index contributed by atoms with van der Waals surface area (Å²) in [4.78, 5) is 29.5. The largest absolute Gasteiger partial charge is 0.453 e. The van der Waals surface area contributed by atoms with Crippen LogP contribution in [0.5, 0.6) is 0 Å². The summed E-state index contributed by atoms with van der Waals surface area (Å²) in [5.74, 6) is -0.608. The molecule has 136 valence electrons. The predicted molar refractivity (Wildman–Crippen MR) is 107 cm³/mol. The highest BCUT2D eigenvalue weighted by Gasteiger charge is 2.32. The molecule has 0 bridgehead atoms. The van der Waals surface area contributed by atoms with Gasteiger partial charge in [0.05, 0.1) is 12.0 Å². The number of anilines is 1. The average Bonchev–Trinajstić information content (AvgIpc) is 3.22. The van der Waals surface area contributed by atoms with Crippen LogP contribution in [0.15, 0.2) is 59.2 Å². The highest BCUT2D eigenvalue weighted by molar-refractivity contribution is 9.10. The van der Waals surface area contributed by atoms with E-state index in [4.69, 9.17) is 4.74 Å². The first-order chi connectivity index (χ1) is 13.1. The second-order valence-electron chi connectivity index (χ2n) is 6.17. The number of nitrogens with zero attached hydrogens (tertiary/aromatic N) is 1. The van der Waals surface area contributed by atoms with Gasteiger partial charge in [-0.2, -0.15) is 0 Å². The lowest BCUT2D eigenvalue weighted by atomic mass is 10.0. The van der Waals surface area contributed by atoms with Crippen LogP contribution in [0, 0.1) is 0 Å². The third-order valence-electron chi connectivity index (χ3n) is 4.24. The maximum Gasteiger partial charge on any atom is 0.339 e. The molecule has 1 atom stereocenters. The van der Waals surface area contributed by atoms with Gasteiger partial charge in [-0.1, -0.05) is 46.3 Å². The van der Waals surface area contributed by atoms with Crippen LogP contribution in [0.25, 0.3) is 0 Å². The van der Waals surface area contributed by atoms with E-state index in [1.54, 1.807) is 18.3 Å². The molecule has 0 radical (unpaired) electrons. The number of nitrogens with one attached hydrogen (secondary N) is 1. The van der Waals surface area contributed by atoms with Gasteiger partial charge in [-0.05, 0) is 23.8 Å². The molecule has 1 N–H and O–H groups in total. The zero-order chi connectivity index (χ0) is 18.8. The molecule has 4 rings (SSSR count). The van der Waals surface area contributed by atoms with Gasteiger partial charge in [0.1, 0.15) is 6.10 Å². The number of amides is 1. The Morgan fingerprint density at radius 1 is 1.19 bits per heavy atom. The summed E-state index contributed by atoms with van der Waals surface area (Å²) in [7, 11) is 0. The fourth-order valence-corrected chi connectivity index (χ4v) is 4.09. The van der Waals surface area contributed by atoms with Crippen LogP contribution >= 0.6 is 27.3 Å². The molecule has 0 saturated heterocycles. The van der Waals surface area contributed by atoms with Gasteiger partial charge in [0.2, 0.25) is 5.91 Å². The highest BCUT2D eigenvalue weighted by Crippen LogP contribution is 2.33. The van der Waals surface area contributed by atoms with Gasteiger partial charge in [-0.25, -0.2) is 9.78 Å². The number of carbonyl (C=O) groups is 2. The van der Waals surface area contributed by atoms with E-state index in [2.05, 4.69) is 26.2 Å². The number of fused-ring (bicyclic) bond motifs is 1. The van der Waals surface area contributed by atoms with Crippen molar-refractivity contribution in [2.75, 3.05) is 5.32 Å². The number of halogens is 1. The summed E-state index contributed by atoms with van der Waals surface area (Å²) in [6, 6.07) is 15.2. The molecule has 1 amide bonds. The average molecular weight is 443 g/mol. The molecule has 1 aromatic heterocycles. The van der Waals surface area contributed by atoms with E-state index >= 15 is 0 Å². The molecule has 5 nitrogen and oxygen atoms in total. The highest BCUT2D eigenvalue weighted by atomic mass is 79.9. The van der Waals surface area contributed by atoms with Gasteiger partial charge >= 0.3 is 5.97 Å². The van der Waals surface area contributed by atoms with Crippen LogP contribution in [0.1, 0.15) is 38.9 Å². The Kier molecular flexibility index (Phi) is 5.05. The summed E-state index contributed by atoms with van der Waals surface area (Å²) < 4.78 is 6.35. The van der Waals surface area contributed by atoms with Gasteiger partial charge in [0, 0.05) is 27.5 Å². The molecule has 1 aliphatic rings.